The van der Waals surface area contributed by atoms with E-state index < -0.39 is 0 Å². The molecule has 0 unspecified atom stereocenters. The number of thiazole rings is 1. The third kappa shape index (κ3) is 2.72. The number of aromatic nitrogens is 1. The molecule has 0 amide bonds. The first-order valence-electron chi connectivity index (χ1n) is 6.24. The summed E-state index contributed by atoms with van der Waals surface area (Å²) in [5, 5.41) is 0.868. The number of carbonyl (C=O) groups excluding carboxylic acids is 1. The lowest BCUT2D eigenvalue weighted by atomic mass is 9.98. The van der Waals surface area contributed by atoms with E-state index in [0.717, 1.165) is 17.8 Å². The van der Waals surface area contributed by atoms with Gasteiger partial charge in [0.25, 0.3) is 0 Å². The van der Waals surface area contributed by atoms with Gasteiger partial charge in [0.2, 0.25) is 0 Å². The molecule has 0 aliphatic rings. The Morgan fingerprint density at radius 2 is 1.94 bits per heavy atom. The lowest BCUT2D eigenvalue weighted by Crippen LogP contribution is -2.28. The predicted octanol–water partition coefficient (Wildman–Crippen LogP) is 3.29. The molecule has 0 fully saturated rings. The van der Waals surface area contributed by atoms with Crippen LogP contribution in [0, 0.1) is 6.92 Å². The number of aryl methyl sites for hydroxylation is 1. The molecule has 0 atom stereocenters. The minimum atomic E-state index is -0.379. The molecule has 102 valence electrons. The van der Waals surface area contributed by atoms with Crippen molar-refractivity contribution < 1.29 is 14.3 Å². The molecule has 18 heavy (non-hydrogen) atoms. The van der Waals surface area contributed by atoms with Crippen molar-refractivity contribution in [3.8, 4) is 0 Å². The average molecular weight is 271 g/mol. The van der Waals surface area contributed by atoms with Gasteiger partial charge >= 0.3 is 5.97 Å². The monoisotopic (exact) mass is 271 g/mol. The zero-order valence-corrected chi connectivity index (χ0v) is 12.5. The summed E-state index contributed by atoms with van der Waals surface area (Å²) in [6.45, 7) is 8.59. The Bertz CT molecular complexity index is 410. The molecule has 1 rings (SSSR count). The van der Waals surface area contributed by atoms with Crippen LogP contribution in [0.5, 0.6) is 0 Å². The first-order valence-corrected chi connectivity index (χ1v) is 7.06. The Balaban J connectivity index is 3.18. The van der Waals surface area contributed by atoms with E-state index in [2.05, 4.69) is 18.8 Å². The Labute approximate surface area is 112 Å². The summed E-state index contributed by atoms with van der Waals surface area (Å²) in [6, 6.07) is 0. The second-order valence-electron chi connectivity index (χ2n) is 4.06. The molecule has 1 heterocycles. The van der Waals surface area contributed by atoms with Crippen LogP contribution in [0.3, 0.4) is 0 Å². The molecule has 0 aliphatic heterocycles. The number of hydrogen-bond acceptors (Lipinski definition) is 5. The van der Waals surface area contributed by atoms with Gasteiger partial charge in [0.1, 0.15) is 15.5 Å². The molecule has 0 spiro atoms. The van der Waals surface area contributed by atoms with Crippen molar-refractivity contribution in [3.05, 3.63) is 15.6 Å². The minimum Gasteiger partial charge on any atom is -0.465 e. The number of methoxy groups -OCH3 is 1. The van der Waals surface area contributed by atoms with E-state index in [0.29, 0.717) is 17.2 Å². The molecular weight excluding hydrogens is 250 g/mol. The molecule has 0 aliphatic carbocycles. The van der Waals surface area contributed by atoms with E-state index in [9.17, 15) is 4.79 Å². The lowest BCUT2D eigenvalue weighted by Gasteiger charge is -2.29. The van der Waals surface area contributed by atoms with Gasteiger partial charge in [0, 0.05) is 6.61 Å². The van der Waals surface area contributed by atoms with E-state index in [-0.39, 0.29) is 11.6 Å². The predicted molar refractivity (Wildman–Crippen MR) is 72.1 cm³/mol. The Kier molecular flexibility index (Phi) is 5.28. The molecule has 0 saturated carbocycles. The fourth-order valence-corrected chi connectivity index (χ4v) is 3.24. The number of nitrogens with zero attached hydrogens (tertiary/aromatic N) is 1. The summed E-state index contributed by atoms with van der Waals surface area (Å²) in [4.78, 5) is 16.7. The summed E-state index contributed by atoms with van der Waals surface area (Å²) in [5.74, 6) is -0.325. The number of rotatable bonds is 6. The van der Waals surface area contributed by atoms with Crippen molar-refractivity contribution in [3.63, 3.8) is 0 Å². The van der Waals surface area contributed by atoms with Crippen molar-refractivity contribution in [1.29, 1.82) is 0 Å². The zero-order valence-electron chi connectivity index (χ0n) is 11.7. The van der Waals surface area contributed by atoms with Crippen molar-refractivity contribution in [2.24, 2.45) is 0 Å². The largest absolute Gasteiger partial charge is 0.465 e. The summed E-state index contributed by atoms with van der Waals surface area (Å²) >= 11 is 1.38. The highest BCUT2D eigenvalue weighted by Gasteiger charge is 2.34. The number of carbonyl (C=O) groups is 1. The van der Waals surface area contributed by atoms with Gasteiger partial charge < -0.3 is 9.47 Å². The summed E-state index contributed by atoms with van der Waals surface area (Å²) < 4.78 is 10.7. The maximum Gasteiger partial charge on any atom is 0.349 e. The average Bonchev–Trinajstić information content (AvgIpc) is 2.77. The topological polar surface area (TPSA) is 48.4 Å². The van der Waals surface area contributed by atoms with Gasteiger partial charge in [0.05, 0.1) is 12.8 Å². The summed E-state index contributed by atoms with van der Waals surface area (Å²) in [7, 11) is 1.39. The highest BCUT2D eigenvalue weighted by atomic mass is 32.1. The second kappa shape index (κ2) is 6.29. The standard InChI is InChI=1S/C13H21NO3S/c1-6-13(7-2,17-8-3)12-14-9(4)10(18-12)11(15)16-5/h6-8H2,1-5H3. The number of esters is 1. The van der Waals surface area contributed by atoms with Crippen molar-refractivity contribution in [2.45, 2.75) is 46.1 Å². The second-order valence-corrected chi connectivity index (χ2v) is 5.06. The first-order chi connectivity index (χ1) is 8.54. The van der Waals surface area contributed by atoms with Crippen LogP contribution >= 0.6 is 11.3 Å². The fourth-order valence-electron chi connectivity index (χ4n) is 1.97. The van der Waals surface area contributed by atoms with Gasteiger partial charge in [-0.25, -0.2) is 9.78 Å². The van der Waals surface area contributed by atoms with E-state index in [1.807, 2.05) is 13.8 Å². The maximum absolute atomic E-state index is 11.6. The van der Waals surface area contributed by atoms with Crippen LogP contribution in [0.15, 0.2) is 0 Å². The van der Waals surface area contributed by atoms with Gasteiger partial charge in [-0.05, 0) is 26.7 Å². The Morgan fingerprint density at radius 1 is 1.33 bits per heavy atom. The third-order valence-electron chi connectivity index (χ3n) is 3.12. The molecule has 0 aromatic carbocycles. The minimum absolute atomic E-state index is 0.325. The molecule has 5 heteroatoms. The number of ether oxygens (including phenoxy) is 2. The molecule has 0 radical (unpaired) electrons. The van der Waals surface area contributed by atoms with Crippen molar-refractivity contribution in [1.82, 2.24) is 4.98 Å². The fraction of sp³-hybridized carbons (Fsp3) is 0.692. The van der Waals surface area contributed by atoms with Crippen LogP contribution < -0.4 is 0 Å². The van der Waals surface area contributed by atoms with Crippen molar-refractivity contribution in [2.75, 3.05) is 13.7 Å². The molecule has 0 N–H and O–H groups in total. The van der Waals surface area contributed by atoms with E-state index in [4.69, 9.17) is 9.47 Å². The molecule has 4 nitrogen and oxygen atoms in total. The van der Waals surface area contributed by atoms with Crippen LogP contribution in [0.2, 0.25) is 0 Å². The van der Waals surface area contributed by atoms with Crippen LogP contribution in [-0.2, 0) is 15.1 Å². The van der Waals surface area contributed by atoms with Gasteiger partial charge in [-0.2, -0.15) is 0 Å². The van der Waals surface area contributed by atoms with Crippen LogP contribution in [0.4, 0.5) is 0 Å². The quantitative estimate of drug-likeness (QED) is 0.745. The van der Waals surface area contributed by atoms with Gasteiger partial charge in [-0.3, -0.25) is 0 Å². The highest BCUT2D eigenvalue weighted by Crippen LogP contribution is 2.37. The molecule has 1 aromatic rings. The SMILES string of the molecule is CCOC(CC)(CC)c1nc(C)c(C(=O)OC)s1. The lowest BCUT2D eigenvalue weighted by molar-refractivity contribution is -0.0507. The maximum atomic E-state index is 11.6. The van der Waals surface area contributed by atoms with E-state index in [1.54, 1.807) is 0 Å². The Morgan fingerprint density at radius 3 is 2.39 bits per heavy atom. The summed E-state index contributed by atoms with van der Waals surface area (Å²) in [5.41, 5.74) is 0.337. The van der Waals surface area contributed by atoms with Gasteiger partial charge in [-0.15, -0.1) is 11.3 Å². The van der Waals surface area contributed by atoms with Crippen LogP contribution in [-0.4, -0.2) is 24.7 Å². The number of hydrogen-bond donors (Lipinski definition) is 0. The van der Waals surface area contributed by atoms with E-state index in [1.165, 1.54) is 18.4 Å². The van der Waals surface area contributed by atoms with Gasteiger partial charge in [0.15, 0.2) is 0 Å². The van der Waals surface area contributed by atoms with E-state index >= 15 is 0 Å². The highest BCUT2D eigenvalue weighted by molar-refractivity contribution is 7.13. The first kappa shape index (κ1) is 15.1. The van der Waals surface area contributed by atoms with Crippen molar-refractivity contribution >= 4 is 17.3 Å². The Hall–Kier alpha value is -0.940. The van der Waals surface area contributed by atoms with Crippen LogP contribution in [0.25, 0.3) is 0 Å². The third-order valence-corrected chi connectivity index (χ3v) is 4.44. The molecule has 0 bridgehead atoms. The smallest absolute Gasteiger partial charge is 0.349 e. The molecular formula is C13H21NO3S. The summed E-state index contributed by atoms with van der Waals surface area (Å²) in [6.07, 6.45) is 1.68. The zero-order chi connectivity index (χ0) is 13.8. The van der Waals surface area contributed by atoms with Gasteiger partial charge in [-0.1, -0.05) is 13.8 Å². The molecule has 0 saturated heterocycles. The molecule has 1 aromatic heterocycles. The van der Waals surface area contributed by atoms with Crippen LogP contribution in [0.1, 0.15) is 54.0 Å². The normalized spacial score (nSPS) is 11.6.